The molecule has 0 atom stereocenters. The number of amides is 1. The van der Waals surface area contributed by atoms with E-state index in [0.29, 0.717) is 11.6 Å². The zero-order chi connectivity index (χ0) is 16.2. The number of aryl methyl sites for hydroxylation is 1. The van der Waals surface area contributed by atoms with Gasteiger partial charge < -0.3 is 14.6 Å². The molecule has 1 aliphatic rings. The second-order valence-electron chi connectivity index (χ2n) is 5.79. The normalized spacial score (nSPS) is 16.0. The summed E-state index contributed by atoms with van der Waals surface area (Å²) < 4.78 is 7.39. The fourth-order valence-corrected chi connectivity index (χ4v) is 2.83. The lowest BCUT2D eigenvalue weighted by Crippen LogP contribution is -2.13. The third-order valence-corrected chi connectivity index (χ3v) is 4.11. The first kappa shape index (κ1) is 15.5. The first-order valence-corrected chi connectivity index (χ1v) is 7.82. The number of anilines is 1. The van der Waals surface area contributed by atoms with Gasteiger partial charge in [-0.3, -0.25) is 4.79 Å². The van der Waals surface area contributed by atoms with E-state index < -0.39 is 0 Å². The van der Waals surface area contributed by atoms with E-state index in [1.807, 2.05) is 17.7 Å². The molecule has 1 N–H and O–H groups in total. The van der Waals surface area contributed by atoms with Crippen LogP contribution in [0.15, 0.2) is 37.2 Å². The van der Waals surface area contributed by atoms with Crippen molar-refractivity contribution < 1.29 is 9.53 Å². The Morgan fingerprint density at radius 1 is 1.48 bits per heavy atom. The van der Waals surface area contributed by atoms with Gasteiger partial charge in [0.25, 0.3) is 0 Å². The van der Waals surface area contributed by atoms with E-state index in [-0.39, 0.29) is 5.91 Å². The van der Waals surface area contributed by atoms with Crippen molar-refractivity contribution >= 4 is 28.7 Å². The minimum Gasteiger partial charge on any atom is -0.381 e. The molecule has 1 saturated heterocycles. The Morgan fingerprint density at radius 3 is 3.00 bits per heavy atom. The van der Waals surface area contributed by atoms with E-state index in [1.165, 1.54) is 6.08 Å². The molecule has 0 radical (unpaired) electrons. The minimum atomic E-state index is -0.235. The number of carbonyl (C=O) groups excluding carboxylic acids is 1. The lowest BCUT2D eigenvalue weighted by atomic mass is 9.99. The summed E-state index contributed by atoms with van der Waals surface area (Å²) in [4.78, 5) is 15.9. The van der Waals surface area contributed by atoms with Gasteiger partial charge in [-0.15, -0.1) is 0 Å². The fraction of sp³-hybridized carbons (Fsp3) is 0.333. The maximum Gasteiger partial charge on any atom is 0.247 e. The molecule has 23 heavy (non-hydrogen) atoms. The summed E-state index contributed by atoms with van der Waals surface area (Å²) in [5.41, 5.74) is 2.68. The largest absolute Gasteiger partial charge is 0.381 e. The molecular formula is C18H21N3O2. The average molecular weight is 311 g/mol. The predicted molar refractivity (Wildman–Crippen MR) is 92.1 cm³/mol. The van der Waals surface area contributed by atoms with Crippen molar-refractivity contribution in [3.63, 3.8) is 0 Å². The van der Waals surface area contributed by atoms with Gasteiger partial charge in [0.2, 0.25) is 5.91 Å². The van der Waals surface area contributed by atoms with Gasteiger partial charge in [0.1, 0.15) is 5.65 Å². The van der Waals surface area contributed by atoms with Crippen molar-refractivity contribution in [1.29, 1.82) is 0 Å². The van der Waals surface area contributed by atoms with Gasteiger partial charge in [0, 0.05) is 37.4 Å². The number of hydrogen-bond donors (Lipinski definition) is 1. The monoisotopic (exact) mass is 311 g/mol. The summed E-state index contributed by atoms with van der Waals surface area (Å²) >= 11 is 0. The number of ether oxygens (including phenoxy) is 1. The molecule has 2 aromatic rings. The first-order chi connectivity index (χ1) is 11.2. The Labute approximate surface area is 135 Å². The zero-order valence-corrected chi connectivity index (χ0v) is 13.3. The Bertz CT molecular complexity index is 755. The number of nitrogens with one attached hydrogen (secondary N) is 1. The second-order valence-corrected chi connectivity index (χ2v) is 5.79. The maximum absolute atomic E-state index is 11.5. The van der Waals surface area contributed by atoms with Gasteiger partial charge >= 0.3 is 0 Å². The highest BCUT2D eigenvalue weighted by Gasteiger charge is 2.12. The predicted octanol–water partition coefficient (Wildman–Crippen LogP) is 3.14. The smallest absolute Gasteiger partial charge is 0.247 e. The molecule has 0 spiro atoms. The molecule has 3 heterocycles. The lowest BCUT2D eigenvalue weighted by Gasteiger charge is -2.18. The number of hydrogen-bond acceptors (Lipinski definition) is 3. The summed E-state index contributed by atoms with van der Waals surface area (Å²) in [5, 5.41) is 3.78. The van der Waals surface area contributed by atoms with Crippen molar-refractivity contribution in [1.82, 2.24) is 9.55 Å². The molecule has 1 aliphatic heterocycles. The van der Waals surface area contributed by atoms with Crippen LogP contribution in [0.5, 0.6) is 0 Å². The van der Waals surface area contributed by atoms with Crippen molar-refractivity contribution in [3.05, 3.63) is 42.8 Å². The van der Waals surface area contributed by atoms with Gasteiger partial charge in [-0.1, -0.05) is 18.7 Å². The van der Waals surface area contributed by atoms with Crippen LogP contribution < -0.4 is 5.32 Å². The molecular weight excluding hydrogens is 290 g/mol. The van der Waals surface area contributed by atoms with Gasteiger partial charge in [-0.2, -0.15) is 0 Å². The highest BCUT2D eigenvalue weighted by Crippen LogP contribution is 2.25. The quantitative estimate of drug-likeness (QED) is 0.883. The number of nitrogens with zero attached hydrogens (tertiary/aromatic N) is 2. The molecule has 0 aliphatic carbocycles. The molecule has 1 amide bonds. The van der Waals surface area contributed by atoms with Crippen LogP contribution in [0.1, 0.15) is 18.4 Å². The molecule has 3 rings (SSSR count). The van der Waals surface area contributed by atoms with Crippen molar-refractivity contribution in [2.75, 3.05) is 18.5 Å². The van der Waals surface area contributed by atoms with E-state index in [4.69, 9.17) is 4.74 Å². The molecule has 0 bridgehead atoms. The molecule has 5 heteroatoms. The van der Waals surface area contributed by atoms with Crippen molar-refractivity contribution in [2.24, 2.45) is 13.0 Å². The van der Waals surface area contributed by atoms with Crippen LogP contribution in [0.4, 0.5) is 5.69 Å². The SMILES string of the molecule is C=CC(=O)Nc1cnc2c(c1)c(/C=C/C1CCOCC1)cn2C. The maximum atomic E-state index is 11.5. The van der Waals surface area contributed by atoms with E-state index in [0.717, 1.165) is 42.7 Å². The number of rotatable bonds is 4. The topological polar surface area (TPSA) is 56.1 Å². The van der Waals surface area contributed by atoms with E-state index in [2.05, 4.69) is 35.2 Å². The Hall–Kier alpha value is -2.40. The summed E-state index contributed by atoms with van der Waals surface area (Å²) in [7, 11) is 1.98. The highest BCUT2D eigenvalue weighted by atomic mass is 16.5. The van der Waals surface area contributed by atoms with Gasteiger partial charge in [-0.05, 0) is 30.9 Å². The van der Waals surface area contributed by atoms with Crippen LogP contribution >= 0.6 is 0 Å². The molecule has 120 valence electrons. The first-order valence-electron chi connectivity index (χ1n) is 7.82. The molecule has 0 saturated carbocycles. The highest BCUT2D eigenvalue weighted by molar-refractivity contribution is 6.00. The summed E-state index contributed by atoms with van der Waals surface area (Å²) in [6.07, 6.45) is 11.5. The van der Waals surface area contributed by atoms with E-state index >= 15 is 0 Å². The summed E-state index contributed by atoms with van der Waals surface area (Å²) in [6, 6.07) is 1.95. The lowest BCUT2D eigenvalue weighted by molar-refractivity contribution is -0.111. The fourth-order valence-electron chi connectivity index (χ4n) is 2.83. The Balaban J connectivity index is 1.89. The number of fused-ring (bicyclic) bond motifs is 1. The Kier molecular flexibility index (Phi) is 4.57. The van der Waals surface area contributed by atoms with Crippen LogP contribution in [0.25, 0.3) is 17.1 Å². The van der Waals surface area contributed by atoms with Crippen LogP contribution in [0.3, 0.4) is 0 Å². The van der Waals surface area contributed by atoms with Gasteiger partial charge in [0.15, 0.2) is 0 Å². The third kappa shape index (κ3) is 3.51. The van der Waals surface area contributed by atoms with Crippen LogP contribution in [0.2, 0.25) is 0 Å². The minimum absolute atomic E-state index is 0.235. The van der Waals surface area contributed by atoms with E-state index in [9.17, 15) is 4.79 Å². The molecule has 2 aromatic heterocycles. The standard InChI is InChI=1S/C18H21N3O2/c1-3-17(22)20-15-10-16-14(12-21(2)18(16)19-11-15)5-4-13-6-8-23-9-7-13/h3-5,10-13H,1,6-9H2,2H3,(H,20,22)/b5-4+. The number of pyridine rings is 1. The van der Waals surface area contributed by atoms with Crippen LogP contribution in [-0.4, -0.2) is 28.7 Å². The average Bonchev–Trinajstić information content (AvgIpc) is 2.89. The van der Waals surface area contributed by atoms with Crippen molar-refractivity contribution in [3.8, 4) is 0 Å². The van der Waals surface area contributed by atoms with E-state index in [1.54, 1.807) is 6.20 Å². The van der Waals surface area contributed by atoms with Crippen molar-refractivity contribution in [2.45, 2.75) is 12.8 Å². The number of allylic oxidation sites excluding steroid dienone is 1. The number of carbonyl (C=O) groups is 1. The molecule has 1 fully saturated rings. The zero-order valence-electron chi connectivity index (χ0n) is 13.3. The molecule has 0 unspecified atom stereocenters. The van der Waals surface area contributed by atoms with Gasteiger partial charge in [-0.25, -0.2) is 4.98 Å². The molecule has 0 aromatic carbocycles. The number of aromatic nitrogens is 2. The van der Waals surface area contributed by atoms with Gasteiger partial charge in [0.05, 0.1) is 11.9 Å². The summed E-state index contributed by atoms with van der Waals surface area (Å²) in [6.45, 7) is 5.14. The van der Waals surface area contributed by atoms with Crippen LogP contribution in [0, 0.1) is 5.92 Å². The van der Waals surface area contributed by atoms with Crippen LogP contribution in [-0.2, 0) is 16.6 Å². The second kappa shape index (κ2) is 6.79. The summed E-state index contributed by atoms with van der Waals surface area (Å²) in [5.74, 6) is 0.331. The Morgan fingerprint density at radius 2 is 2.26 bits per heavy atom. The molecule has 5 nitrogen and oxygen atoms in total. The third-order valence-electron chi connectivity index (χ3n) is 4.11.